The van der Waals surface area contributed by atoms with Gasteiger partial charge in [0.15, 0.2) is 12.1 Å². The lowest BCUT2D eigenvalue weighted by atomic mass is 9.64. The molecule has 29 heavy (non-hydrogen) atoms. The van der Waals surface area contributed by atoms with Crippen LogP contribution in [-0.4, -0.2) is 80.8 Å². The van der Waals surface area contributed by atoms with Crippen LogP contribution in [-0.2, 0) is 14.3 Å². The number of hydrogen-bond donors (Lipinski definition) is 5. The fourth-order valence-corrected chi connectivity index (χ4v) is 3.66. The predicted molar refractivity (Wildman–Crippen MR) is 105 cm³/mol. The molecule has 6 atom stereocenters. The van der Waals surface area contributed by atoms with Crippen molar-refractivity contribution < 1.29 is 39.8 Å². The summed E-state index contributed by atoms with van der Waals surface area (Å²) in [7, 11) is 0. The lowest BCUT2D eigenvalue weighted by Gasteiger charge is -2.44. The summed E-state index contributed by atoms with van der Waals surface area (Å²) in [4.78, 5) is 11.8. The van der Waals surface area contributed by atoms with Crippen molar-refractivity contribution in [2.75, 3.05) is 13.2 Å². The predicted octanol–water partition coefficient (Wildman–Crippen LogP) is -0.0182. The molecule has 8 heteroatoms. The zero-order valence-corrected chi connectivity index (χ0v) is 17.3. The third-order valence-corrected chi connectivity index (χ3v) is 5.73. The van der Waals surface area contributed by atoms with Gasteiger partial charge in [-0.3, -0.25) is 4.79 Å². The molecule has 0 aromatic carbocycles. The van der Waals surface area contributed by atoms with Crippen LogP contribution in [0.5, 0.6) is 0 Å². The fraction of sp³-hybridized carbons (Fsp3) is 0.667. The Kier molecular flexibility index (Phi) is 7.56. The molecular formula is C21H32O8. The minimum Gasteiger partial charge on any atom is -0.394 e. The second-order valence-corrected chi connectivity index (χ2v) is 8.43. The zero-order chi connectivity index (χ0) is 22.0. The molecule has 164 valence electrons. The molecule has 2 rings (SSSR count). The SMILES string of the molecule is CC1=CC(=O)CC(C)(C)C1(O)C=C/C(C)=C\CO[C@@H]1O[C@H](CO)[C@@H](O)[C@H](O)[C@H]1O. The standard InChI is InChI=1S/C21H32O8/c1-12(5-7-21(27)13(2)9-14(23)10-20(21,3)4)6-8-28-19-18(26)17(25)16(24)15(11-22)29-19/h5-7,9,15-19,22,24-27H,8,10-11H2,1-4H3/b7-5?,12-6-/t15-,16-,17+,18-,19-,21?/m1/s1. The molecule has 1 unspecified atom stereocenters. The molecule has 1 heterocycles. The molecule has 1 saturated heterocycles. The maximum absolute atomic E-state index is 11.8. The Labute approximate surface area is 170 Å². The van der Waals surface area contributed by atoms with Crippen molar-refractivity contribution in [2.24, 2.45) is 5.41 Å². The van der Waals surface area contributed by atoms with Gasteiger partial charge >= 0.3 is 0 Å². The number of ether oxygens (including phenoxy) is 2. The second kappa shape index (κ2) is 9.18. The number of hydrogen-bond acceptors (Lipinski definition) is 8. The van der Waals surface area contributed by atoms with E-state index in [1.54, 1.807) is 32.1 Å². The highest BCUT2D eigenvalue weighted by Crippen LogP contribution is 2.44. The molecule has 0 spiro atoms. The van der Waals surface area contributed by atoms with Crippen LogP contribution in [0.2, 0.25) is 0 Å². The number of ketones is 1. The van der Waals surface area contributed by atoms with E-state index >= 15 is 0 Å². The van der Waals surface area contributed by atoms with Gasteiger partial charge in [0.05, 0.1) is 13.2 Å². The maximum atomic E-state index is 11.8. The molecule has 8 nitrogen and oxygen atoms in total. The summed E-state index contributed by atoms with van der Waals surface area (Å²) in [5.74, 6) is -0.00855. The summed E-state index contributed by atoms with van der Waals surface area (Å²) >= 11 is 0. The van der Waals surface area contributed by atoms with E-state index in [4.69, 9.17) is 9.47 Å². The first-order valence-electron chi connectivity index (χ1n) is 9.65. The number of allylic oxidation sites excluding steroid dienone is 3. The van der Waals surface area contributed by atoms with Crippen LogP contribution in [0.1, 0.15) is 34.1 Å². The van der Waals surface area contributed by atoms with Crippen molar-refractivity contribution >= 4 is 5.78 Å². The van der Waals surface area contributed by atoms with Gasteiger partial charge in [-0.05, 0) is 31.6 Å². The first-order valence-corrected chi connectivity index (χ1v) is 9.65. The van der Waals surface area contributed by atoms with E-state index < -0.39 is 48.3 Å². The Morgan fingerprint density at radius 1 is 1.28 bits per heavy atom. The molecule has 0 amide bonds. The van der Waals surface area contributed by atoms with Crippen molar-refractivity contribution in [3.63, 3.8) is 0 Å². The van der Waals surface area contributed by atoms with E-state index in [0.29, 0.717) is 5.57 Å². The van der Waals surface area contributed by atoms with Gasteiger partial charge in [-0.15, -0.1) is 0 Å². The highest BCUT2D eigenvalue weighted by atomic mass is 16.7. The average Bonchev–Trinajstić information content (AvgIpc) is 2.64. The van der Waals surface area contributed by atoms with Crippen LogP contribution in [0.4, 0.5) is 0 Å². The van der Waals surface area contributed by atoms with Crippen molar-refractivity contribution in [2.45, 2.75) is 70.4 Å². The van der Waals surface area contributed by atoms with Crippen molar-refractivity contribution in [3.8, 4) is 0 Å². The Balaban J connectivity index is 2.01. The van der Waals surface area contributed by atoms with Crippen LogP contribution in [0, 0.1) is 5.41 Å². The number of aliphatic hydroxyl groups is 5. The molecule has 1 fully saturated rings. The van der Waals surface area contributed by atoms with Crippen LogP contribution >= 0.6 is 0 Å². The van der Waals surface area contributed by atoms with Crippen LogP contribution in [0.15, 0.2) is 35.5 Å². The molecule has 0 bridgehead atoms. The lowest BCUT2D eigenvalue weighted by Crippen LogP contribution is -2.59. The maximum Gasteiger partial charge on any atom is 0.187 e. The smallest absolute Gasteiger partial charge is 0.187 e. The number of carbonyl (C=O) groups excluding carboxylic acids is 1. The summed E-state index contributed by atoms with van der Waals surface area (Å²) < 4.78 is 10.7. The molecule has 2 aliphatic rings. The molecule has 0 radical (unpaired) electrons. The van der Waals surface area contributed by atoms with E-state index in [2.05, 4.69) is 0 Å². The molecule has 0 saturated carbocycles. The van der Waals surface area contributed by atoms with E-state index in [0.717, 1.165) is 5.57 Å². The Morgan fingerprint density at radius 2 is 1.93 bits per heavy atom. The molecule has 1 aliphatic carbocycles. The van der Waals surface area contributed by atoms with Gasteiger partial charge in [-0.1, -0.05) is 31.6 Å². The Hall–Kier alpha value is -1.39. The van der Waals surface area contributed by atoms with Crippen molar-refractivity contribution in [1.29, 1.82) is 0 Å². The summed E-state index contributed by atoms with van der Waals surface area (Å²) in [6.45, 7) is 6.72. The highest BCUT2D eigenvalue weighted by molar-refractivity contribution is 5.92. The second-order valence-electron chi connectivity index (χ2n) is 8.43. The normalized spacial score (nSPS) is 38.4. The van der Waals surface area contributed by atoms with E-state index in [9.17, 15) is 30.3 Å². The first-order chi connectivity index (χ1) is 13.4. The average molecular weight is 412 g/mol. The van der Waals surface area contributed by atoms with Crippen molar-refractivity contribution in [3.05, 3.63) is 35.5 Å². The molecule has 5 N–H and O–H groups in total. The molecule has 0 aromatic heterocycles. The van der Waals surface area contributed by atoms with Crippen LogP contribution in [0.25, 0.3) is 0 Å². The Bertz CT molecular complexity index is 693. The minimum atomic E-state index is -1.49. The molecule has 1 aliphatic heterocycles. The third-order valence-electron chi connectivity index (χ3n) is 5.73. The number of carbonyl (C=O) groups is 1. The molecule has 0 aromatic rings. The van der Waals surface area contributed by atoms with Crippen LogP contribution in [0.3, 0.4) is 0 Å². The van der Waals surface area contributed by atoms with E-state index in [1.807, 2.05) is 13.8 Å². The van der Waals surface area contributed by atoms with Gasteiger partial charge in [0.2, 0.25) is 0 Å². The van der Waals surface area contributed by atoms with Gasteiger partial charge in [-0.2, -0.15) is 0 Å². The van der Waals surface area contributed by atoms with E-state index in [1.165, 1.54) is 6.08 Å². The minimum absolute atomic E-state index is 0.00855. The number of rotatable bonds is 6. The highest BCUT2D eigenvalue weighted by Gasteiger charge is 2.47. The summed E-state index contributed by atoms with van der Waals surface area (Å²) in [5.41, 5.74) is -0.551. The molecular weight excluding hydrogens is 380 g/mol. The summed E-state index contributed by atoms with van der Waals surface area (Å²) in [5, 5.41) is 49.8. The Morgan fingerprint density at radius 3 is 2.52 bits per heavy atom. The van der Waals surface area contributed by atoms with Gasteiger partial charge in [-0.25, -0.2) is 0 Å². The van der Waals surface area contributed by atoms with Gasteiger partial charge in [0.1, 0.15) is 30.0 Å². The van der Waals surface area contributed by atoms with Gasteiger partial charge in [0, 0.05) is 11.8 Å². The topological polar surface area (TPSA) is 137 Å². The number of aliphatic hydroxyl groups excluding tert-OH is 4. The van der Waals surface area contributed by atoms with Crippen LogP contribution < -0.4 is 0 Å². The quantitative estimate of drug-likeness (QED) is 0.384. The summed E-state index contributed by atoms with van der Waals surface area (Å²) in [6.07, 6.45) is 0.197. The third kappa shape index (κ3) is 5.03. The fourth-order valence-electron chi connectivity index (χ4n) is 3.66. The monoisotopic (exact) mass is 412 g/mol. The lowest BCUT2D eigenvalue weighted by molar-refractivity contribution is -0.298. The zero-order valence-electron chi connectivity index (χ0n) is 17.3. The van der Waals surface area contributed by atoms with Gasteiger partial charge < -0.3 is 35.0 Å². The largest absolute Gasteiger partial charge is 0.394 e. The van der Waals surface area contributed by atoms with Gasteiger partial charge in [0.25, 0.3) is 0 Å². The van der Waals surface area contributed by atoms with Crippen molar-refractivity contribution in [1.82, 2.24) is 0 Å². The first kappa shape index (κ1) is 23.9. The summed E-state index contributed by atoms with van der Waals surface area (Å²) in [6, 6.07) is 0. The van der Waals surface area contributed by atoms with E-state index in [-0.39, 0.29) is 18.8 Å².